The fourth-order valence-corrected chi connectivity index (χ4v) is 5.60. The Hall–Kier alpha value is -3.21. The monoisotopic (exact) mass is 546 g/mol. The van der Waals surface area contributed by atoms with Gasteiger partial charge in [-0.1, -0.05) is 12.8 Å². The molecule has 2 N–H and O–H groups in total. The molecule has 1 aliphatic carbocycles. The molecule has 2 atom stereocenters. The van der Waals surface area contributed by atoms with Crippen molar-refractivity contribution in [3.8, 4) is 0 Å². The van der Waals surface area contributed by atoms with Crippen LogP contribution in [0.5, 0.6) is 0 Å². The van der Waals surface area contributed by atoms with E-state index in [1.807, 2.05) is 7.05 Å². The Labute approximate surface area is 227 Å². The molecule has 2 heterocycles. The van der Waals surface area contributed by atoms with Crippen LogP contribution >= 0.6 is 0 Å². The van der Waals surface area contributed by atoms with Crippen molar-refractivity contribution in [3.63, 3.8) is 0 Å². The van der Waals surface area contributed by atoms with Crippen molar-refractivity contribution in [2.45, 2.75) is 70.1 Å². The van der Waals surface area contributed by atoms with E-state index in [9.17, 15) is 22.8 Å². The van der Waals surface area contributed by atoms with E-state index in [2.05, 4.69) is 32.5 Å². The quantitative estimate of drug-likeness (QED) is 0.526. The molecular weight excluding hydrogens is 509 g/mol. The van der Waals surface area contributed by atoms with Gasteiger partial charge >= 0.3 is 6.18 Å². The van der Waals surface area contributed by atoms with E-state index in [0.717, 1.165) is 57.8 Å². The minimum absolute atomic E-state index is 0.0485. The third-order valence-electron chi connectivity index (χ3n) is 7.87. The third-order valence-corrected chi connectivity index (χ3v) is 7.87. The van der Waals surface area contributed by atoms with Crippen LogP contribution in [0.25, 0.3) is 0 Å². The van der Waals surface area contributed by atoms with Gasteiger partial charge in [-0.05, 0) is 82.4 Å². The van der Waals surface area contributed by atoms with Crippen LogP contribution in [-0.2, 0) is 17.4 Å². The minimum atomic E-state index is -4.59. The molecule has 0 spiro atoms. The fraction of sp³-hybridized carbons (Fsp3) is 0.571. The number of amides is 2. The van der Waals surface area contributed by atoms with Crippen molar-refractivity contribution >= 4 is 23.5 Å². The number of halogens is 3. The summed E-state index contributed by atoms with van der Waals surface area (Å²) in [6, 6.07) is 6.80. The molecule has 212 valence electrons. The number of piperidine rings is 1. The second-order valence-electron chi connectivity index (χ2n) is 10.8. The average molecular weight is 547 g/mol. The third kappa shape index (κ3) is 7.46. The van der Waals surface area contributed by atoms with Crippen molar-refractivity contribution in [3.05, 3.63) is 47.3 Å². The molecule has 1 saturated heterocycles. The van der Waals surface area contributed by atoms with Gasteiger partial charge in [-0.25, -0.2) is 9.97 Å². The molecule has 1 aromatic heterocycles. The number of alkyl halides is 3. The molecule has 4 rings (SSSR count). The van der Waals surface area contributed by atoms with Crippen molar-refractivity contribution in [1.29, 1.82) is 0 Å². The highest BCUT2D eigenvalue weighted by Crippen LogP contribution is 2.35. The molecule has 2 amide bonds. The van der Waals surface area contributed by atoms with Crippen molar-refractivity contribution in [2.24, 2.45) is 5.92 Å². The SMILES string of the molecule is CC(=O)N[C@H]1CCCC[C@H]1Cc1nc(Nc2ccc(C(=O)N(C)C3CCN(C)CC3)cc2)ncc1C(F)(F)F. The number of nitrogens with one attached hydrogen (secondary N) is 2. The van der Waals surface area contributed by atoms with Crippen molar-refractivity contribution in [1.82, 2.24) is 25.1 Å². The molecule has 39 heavy (non-hydrogen) atoms. The molecule has 11 heteroatoms. The summed E-state index contributed by atoms with van der Waals surface area (Å²) in [4.78, 5) is 36.9. The first-order chi connectivity index (χ1) is 18.5. The van der Waals surface area contributed by atoms with Crippen molar-refractivity contribution in [2.75, 3.05) is 32.5 Å². The summed E-state index contributed by atoms with van der Waals surface area (Å²) < 4.78 is 41.4. The molecule has 0 bridgehead atoms. The molecule has 1 aromatic carbocycles. The number of nitrogens with zero attached hydrogens (tertiary/aromatic N) is 4. The molecule has 1 aliphatic heterocycles. The second-order valence-corrected chi connectivity index (χ2v) is 10.8. The lowest BCUT2D eigenvalue weighted by molar-refractivity contribution is -0.139. The largest absolute Gasteiger partial charge is 0.419 e. The number of aromatic nitrogens is 2. The number of rotatable bonds is 7. The second kappa shape index (κ2) is 12.3. The van der Waals surface area contributed by atoms with Crippen LogP contribution in [0.1, 0.15) is 67.1 Å². The maximum absolute atomic E-state index is 13.8. The number of anilines is 2. The van der Waals surface area contributed by atoms with E-state index in [4.69, 9.17) is 0 Å². The van der Waals surface area contributed by atoms with Gasteiger partial charge in [0.05, 0.1) is 11.3 Å². The minimum Gasteiger partial charge on any atom is -0.353 e. The van der Waals surface area contributed by atoms with Gasteiger partial charge in [0.25, 0.3) is 5.91 Å². The number of carbonyl (C=O) groups excluding carboxylic acids is 2. The Morgan fingerprint density at radius 3 is 2.38 bits per heavy atom. The maximum atomic E-state index is 13.8. The number of hydrogen-bond acceptors (Lipinski definition) is 6. The molecule has 2 aliphatic rings. The smallest absolute Gasteiger partial charge is 0.353 e. The van der Waals surface area contributed by atoms with Gasteiger partial charge in [0.15, 0.2) is 0 Å². The summed E-state index contributed by atoms with van der Waals surface area (Å²) in [6.07, 6.45) is 1.46. The number of hydrogen-bond donors (Lipinski definition) is 2. The molecule has 2 aromatic rings. The van der Waals surface area contributed by atoms with E-state index in [-0.39, 0.29) is 47.9 Å². The predicted molar refractivity (Wildman–Crippen MR) is 143 cm³/mol. The zero-order valence-electron chi connectivity index (χ0n) is 22.7. The highest BCUT2D eigenvalue weighted by molar-refractivity contribution is 5.94. The Balaban J connectivity index is 1.48. The zero-order chi connectivity index (χ0) is 28.2. The summed E-state index contributed by atoms with van der Waals surface area (Å²) in [5.74, 6) is -0.344. The lowest BCUT2D eigenvalue weighted by Crippen LogP contribution is -2.44. The van der Waals surface area contributed by atoms with Crippen molar-refractivity contribution < 1.29 is 22.8 Å². The molecule has 0 unspecified atom stereocenters. The first-order valence-electron chi connectivity index (χ1n) is 13.5. The highest BCUT2D eigenvalue weighted by atomic mass is 19.4. The van der Waals surface area contributed by atoms with Crippen LogP contribution in [0, 0.1) is 5.92 Å². The molecule has 0 radical (unpaired) electrons. The van der Waals surface area contributed by atoms with Crippen LogP contribution < -0.4 is 10.6 Å². The van der Waals surface area contributed by atoms with Gasteiger partial charge in [-0.15, -0.1) is 0 Å². The predicted octanol–water partition coefficient (Wildman–Crippen LogP) is 4.64. The molecule has 2 fully saturated rings. The van der Waals surface area contributed by atoms with E-state index in [1.165, 1.54) is 6.92 Å². The Bertz CT molecular complexity index is 1150. The normalized spacial score (nSPS) is 20.9. The molecule has 1 saturated carbocycles. The topological polar surface area (TPSA) is 90.5 Å². The first-order valence-corrected chi connectivity index (χ1v) is 13.5. The highest BCUT2D eigenvalue weighted by Gasteiger charge is 2.37. The van der Waals surface area contributed by atoms with E-state index in [0.29, 0.717) is 11.3 Å². The zero-order valence-corrected chi connectivity index (χ0v) is 22.7. The maximum Gasteiger partial charge on any atom is 0.419 e. The fourth-order valence-electron chi connectivity index (χ4n) is 5.60. The van der Waals surface area contributed by atoms with E-state index in [1.54, 1.807) is 29.2 Å². The van der Waals surface area contributed by atoms with Crippen LogP contribution in [0.4, 0.5) is 24.8 Å². The summed E-state index contributed by atoms with van der Waals surface area (Å²) >= 11 is 0. The van der Waals surface area contributed by atoms with Gasteiger partial charge < -0.3 is 20.4 Å². The van der Waals surface area contributed by atoms with Crippen LogP contribution in [0.3, 0.4) is 0 Å². The lowest BCUT2D eigenvalue weighted by Gasteiger charge is -2.35. The van der Waals surface area contributed by atoms with Gasteiger partial charge in [-0.3, -0.25) is 9.59 Å². The van der Waals surface area contributed by atoms with Gasteiger partial charge in [0.1, 0.15) is 0 Å². The van der Waals surface area contributed by atoms with Crippen LogP contribution in [0.15, 0.2) is 30.5 Å². The van der Waals surface area contributed by atoms with E-state index < -0.39 is 11.7 Å². The Kier molecular flexibility index (Phi) is 9.09. The van der Waals surface area contributed by atoms with Crippen LogP contribution in [-0.4, -0.2) is 70.9 Å². The van der Waals surface area contributed by atoms with E-state index >= 15 is 0 Å². The number of likely N-dealkylation sites (tertiary alicyclic amines) is 1. The van der Waals surface area contributed by atoms with Gasteiger partial charge in [0, 0.05) is 43.5 Å². The standard InChI is InChI=1S/C28H37F3N6O2/c1-18(38)33-24-7-5-4-6-20(24)16-25-23(28(29,30)31)17-32-27(35-25)34-21-10-8-19(9-11-21)26(39)37(3)22-12-14-36(2)15-13-22/h8-11,17,20,22,24H,4-7,12-16H2,1-3H3,(H,33,38)(H,32,34,35)/t20-,24-/m0/s1. The number of benzene rings is 1. The number of carbonyl (C=O) groups is 2. The summed E-state index contributed by atoms with van der Waals surface area (Å²) in [7, 11) is 3.90. The molecular formula is C28H37F3N6O2. The van der Waals surface area contributed by atoms with Crippen LogP contribution in [0.2, 0.25) is 0 Å². The van der Waals surface area contributed by atoms with Gasteiger partial charge in [0.2, 0.25) is 11.9 Å². The summed E-state index contributed by atoms with van der Waals surface area (Å²) in [6.45, 7) is 3.33. The average Bonchev–Trinajstić information content (AvgIpc) is 2.89. The Morgan fingerprint density at radius 1 is 1.08 bits per heavy atom. The summed E-state index contributed by atoms with van der Waals surface area (Å²) in [5.41, 5.74) is 0.150. The molecule has 8 nitrogen and oxygen atoms in total. The Morgan fingerprint density at radius 2 is 1.74 bits per heavy atom. The summed E-state index contributed by atoms with van der Waals surface area (Å²) in [5, 5.41) is 5.87. The lowest BCUT2D eigenvalue weighted by atomic mass is 9.81. The van der Waals surface area contributed by atoms with Gasteiger partial charge in [-0.2, -0.15) is 13.2 Å². The first kappa shape index (κ1) is 28.8.